The number of carbonyl (C=O) groups is 2. The minimum Gasteiger partial charge on any atom is -0.344 e. The van der Waals surface area contributed by atoms with Crippen LogP contribution in [0.2, 0.25) is 0 Å². The zero-order valence-corrected chi connectivity index (χ0v) is 21.9. The maximum Gasteiger partial charge on any atom is 0.315 e. The second kappa shape index (κ2) is 10.4. The first kappa shape index (κ1) is 26.2. The van der Waals surface area contributed by atoms with Crippen LogP contribution in [0.5, 0.6) is 0 Å². The molecule has 40 heavy (non-hydrogen) atoms. The molecule has 0 bridgehead atoms. The van der Waals surface area contributed by atoms with Gasteiger partial charge in [-0.05, 0) is 35.7 Å². The lowest BCUT2D eigenvalue weighted by atomic mass is 9.96. The molecule has 0 fully saturated rings. The van der Waals surface area contributed by atoms with Crippen molar-refractivity contribution in [3.8, 4) is 34.9 Å². The van der Waals surface area contributed by atoms with E-state index in [2.05, 4.69) is 30.7 Å². The maximum absolute atomic E-state index is 15.1. The van der Waals surface area contributed by atoms with E-state index < -0.39 is 17.6 Å². The third-order valence-corrected chi connectivity index (χ3v) is 6.00. The Morgan fingerprint density at radius 3 is 2.65 bits per heavy atom. The lowest BCUT2D eigenvalue weighted by Gasteiger charge is -2.10. The van der Waals surface area contributed by atoms with Gasteiger partial charge in [0.2, 0.25) is 0 Å². The van der Waals surface area contributed by atoms with Crippen LogP contribution < -0.4 is 10.6 Å². The molecule has 5 aromatic rings. The van der Waals surface area contributed by atoms with Gasteiger partial charge in [-0.15, -0.1) is 6.42 Å². The summed E-state index contributed by atoms with van der Waals surface area (Å²) < 4.78 is 20.1. The molecule has 0 atom stereocenters. The number of benzene rings is 2. The number of hydrogen-bond donors (Lipinski definition) is 3. The molecule has 10 nitrogen and oxygen atoms in total. The number of anilines is 1. The molecule has 2 amide bonds. The SMILES string of the molecule is C#CC(=O)Nc1cccc(-c2nc3c(-c4ccc(CNC(=O)c5nc(C(C)(C)C)no5)c(F)c4)ccnc3[nH]2)c1. The fourth-order valence-electron chi connectivity index (χ4n) is 3.92. The van der Waals surface area contributed by atoms with Crippen molar-refractivity contribution in [2.24, 2.45) is 0 Å². The normalized spacial score (nSPS) is 11.3. The summed E-state index contributed by atoms with van der Waals surface area (Å²) in [6.45, 7) is 5.63. The number of halogens is 1. The van der Waals surface area contributed by atoms with Gasteiger partial charge in [0.15, 0.2) is 11.5 Å². The summed E-state index contributed by atoms with van der Waals surface area (Å²) in [6.07, 6.45) is 6.74. The Hall–Kier alpha value is -5.37. The molecule has 200 valence electrons. The number of rotatable bonds is 6. The molecule has 0 aliphatic rings. The standard InChI is InChI=1S/C29H24FN7O3/c1-5-22(38)33-19-8-6-7-17(13-19)24-34-23-20(11-12-31-25(23)35-24)16-9-10-18(21(30)14-16)15-32-26(39)27-36-28(37-40-27)29(2,3)4/h1,6-14H,15H2,2-4H3,(H,32,39)(H,33,38)(H,31,34,35). The van der Waals surface area contributed by atoms with Crippen LogP contribution in [-0.4, -0.2) is 36.9 Å². The fraction of sp³-hybridized carbons (Fsp3) is 0.172. The molecule has 0 radical (unpaired) electrons. The summed E-state index contributed by atoms with van der Waals surface area (Å²) in [5.41, 5.74) is 3.44. The van der Waals surface area contributed by atoms with Gasteiger partial charge < -0.3 is 20.1 Å². The summed E-state index contributed by atoms with van der Waals surface area (Å²) in [4.78, 5) is 40.3. The second-order valence-electron chi connectivity index (χ2n) is 9.98. The molecule has 2 aromatic carbocycles. The highest BCUT2D eigenvalue weighted by Crippen LogP contribution is 2.30. The third-order valence-electron chi connectivity index (χ3n) is 6.00. The van der Waals surface area contributed by atoms with E-state index in [0.717, 1.165) is 0 Å². The molecule has 0 aliphatic heterocycles. The zero-order chi connectivity index (χ0) is 28.4. The van der Waals surface area contributed by atoms with Gasteiger partial charge in [0, 0.05) is 40.5 Å². The van der Waals surface area contributed by atoms with Gasteiger partial charge in [-0.2, -0.15) is 4.98 Å². The van der Waals surface area contributed by atoms with Gasteiger partial charge in [-0.25, -0.2) is 14.4 Å². The second-order valence-corrected chi connectivity index (χ2v) is 9.98. The summed E-state index contributed by atoms with van der Waals surface area (Å²) in [5, 5.41) is 9.05. The highest BCUT2D eigenvalue weighted by Gasteiger charge is 2.24. The van der Waals surface area contributed by atoms with Crippen molar-refractivity contribution in [1.82, 2.24) is 30.4 Å². The molecule has 11 heteroatoms. The molecule has 0 unspecified atom stereocenters. The summed E-state index contributed by atoms with van der Waals surface area (Å²) in [5.74, 6) is 1.10. The Bertz CT molecular complexity index is 1790. The van der Waals surface area contributed by atoms with Crippen molar-refractivity contribution in [2.45, 2.75) is 32.7 Å². The van der Waals surface area contributed by atoms with Crippen LogP contribution in [0.25, 0.3) is 33.7 Å². The van der Waals surface area contributed by atoms with Crippen LogP contribution in [0.1, 0.15) is 42.8 Å². The van der Waals surface area contributed by atoms with E-state index in [0.29, 0.717) is 45.2 Å². The van der Waals surface area contributed by atoms with E-state index in [-0.39, 0.29) is 23.4 Å². The number of imidazole rings is 1. The van der Waals surface area contributed by atoms with Crippen LogP contribution in [0.3, 0.4) is 0 Å². The minimum absolute atomic E-state index is 0.0664. The summed E-state index contributed by atoms with van der Waals surface area (Å²) in [6, 6.07) is 13.5. The number of terminal acetylenes is 1. The van der Waals surface area contributed by atoms with Crippen LogP contribution in [0.15, 0.2) is 59.3 Å². The van der Waals surface area contributed by atoms with E-state index in [1.165, 1.54) is 6.07 Å². The first-order valence-electron chi connectivity index (χ1n) is 12.3. The number of nitrogens with zero attached hydrogens (tertiary/aromatic N) is 4. The molecule has 0 aliphatic carbocycles. The average Bonchev–Trinajstić information content (AvgIpc) is 3.60. The molecule has 0 saturated heterocycles. The number of amides is 2. The number of pyridine rings is 1. The highest BCUT2D eigenvalue weighted by atomic mass is 19.1. The molecule has 3 heterocycles. The van der Waals surface area contributed by atoms with E-state index in [9.17, 15) is 9.59 Å². The molecule has 5 rings (SSSR count). The van der Waals surface area contributed by atoms with Crippen LogP contribution in [0, 0.1) is 18.2 Å². The van der Waals surface area contributed by atoms with Gasteiger partial charge in [-0.1, -0.05) is 50.2 Å². The summed E-state index contributed by atoms with van der Waals surface area (Å²) >= 11 is 0. The molecular weight excluding hydrogens is 513 g/mol. The predicted octanol–water partition coefficient (Wildman–Crippen LogP) is 4.61. The quantitative estimate of drug-likeness (QED) is 0.269. The van der Waals surface area contributed by atoms with Crippen molar-refractivity contribution in [2.75, 3.05) is 5.32 Å². The number of aromatic nitrogens is 5. The van der Waals surface area contributed by atoms with Crippen LogP contribution in [0.4, 0.5) is 10.1 Å². The molecule has 0 spiro atoms. The number of fused-ring (bicyclic) bond motifs is 1. The highest BCUT2D eigenvalue weighted by molar-refractivity contribution is 6.03. The largest absolute Gasteiger partial charge is 0.344 e. The zero-order valence-electron chi connectivity index (χ0n) is 21.9. The topological polar surface area (TPSA) is 139 Å². The number of nitrogens with one attached hydrogen (secondary N) is 3. The number of carbonyl (C=O) groups excluding carboxylic acids is 2. The lowest BCUT2D eigenvalue weighted by Crippen LogP contribution is -2.24. The Morgan fingerprint density at radius 2 is 1.93 bits per heavy atom. The molecular formula is C29H24FN7O3. The lowest BCUT2D eigenvalue weighted by molar-refractivity contribution is -0.111. The molecule has 0 saturated carbocycles. The number of hydrogen-bond acceptors (Lipinski definition) is 7. The van der Waals surface area contributed by atoms with Crippen molar-refractivity contribution < 1.29 is 18.5 Å². The van der Waals surface area contributed by atoms with Crippen LogP contribution >= 0.6 is 0 Å². The Kier molecular flexibility index (Phi) is 6.83. The Morgan fingerprint density at radius 1 is 1.10 bits per heavy atom. The minimum atomic E-state index is -0.589. The summed E-state index contributed by atoms with van der Waals surface area (Å²) in [7, 11) is 0. The van der Waals surface area contributed by atoms with Gasteiger partial charge in [0.1, 0.15) is 17.2 Å². The van der Waals surface area contributed by atoms with Gasteiger partial charge in [-0.3, -0.25) is 9.59 Å². The first-order chi connectivity index (χ1) is 19.1. The molecule has 3 aromatic heterocycles. The van der Waals surface area contributed by atoms with E-state index in [1.807, 2.05) is 32.8 Å². The van der Waals surface area contributed by atoms with Crippen molar-refractivity contribution >= 4 is 28.7 Å². The van der Waals surface area contributed by atoms with E-state index in [1.54, 1.807) is 42.6 Å². The maximum atomic E-state index is 15.1. The van der Waals surface area contributed by atoms with Crippen molar-refractivity contribution in [3.05, 3.63) is 77.8 Å². The monoisotopic (exact) mass is 537 g/mol. The smallest absolute Gasteiger partial charge is 0.315 e. The van der Waals surface area contributed by atoms with Crippen LogP contribution in [-0.2, 0) is 16.8 Å². The van der Waals surface area contributed by atoms with Gasteiger partial charge >= 0.3 is 11.8 Å². The van der Waals surface area contributed by atoms with E-state index in [4.69, 9.17) is 15.9 Å². The Balaban J connectivity index is 1.36. The third kappa shape index (κ3) is 5.42. The predicted molar refractivity (Wildman–Crippen MR) is 146 cm³/mol. The average molecular weight is 538 g/mol. The fourth-order valence-corrected chi connectivity index (χ4v) is 3.92. The number of aromatic amines is 1. The van der Waals surface area contributed by atoms with Crippen molar-refractivity contribution in [1.29, 1.82) is 0 Å². The van der Waals surface area contributed by atoms with Crippen molar-refractivity contribution in [3.63, 3.8) is 0 Å². The first-order valence-corrected chi connectivity index (χ1v) is 12.3. The molecule has 3 N–H and O–H groups in total. The van der Waals surface area contributed by atoms with Gasteiger partial charge in [0.05, 0.1) is 0 Å². The van der Waals surface area contributed by atoms with E-state index >= 15 is 4.39 Å². The number of H-pyrrole nitrogens is 1. The Labute approximate surface area is 228 Å². The van der Waals surface area contributed by atoms with Gasteiger partial charge in [0.25, 0.3) is 5.91 Å².